The number of fused-ring (bicyclic) bond motifs is 4. The first-order chi connectivity index (χ1) is 33.4. The predicted octanol–water partition coefficient (Wildman–Crippen LogP) is 18.6. The zero-order valence-corrected chi connectivity index (χ0v) is 38.3. The van der Waals surface area contributed by atoms with E-state index in [-0.39, 0.29) is 5.41 Å². The number of anilines is 3. The minimum Gasteiger partial charge on any atom is -0.310 e. The molecule has 0 bridgehead atoms. The standard InChI is InChI=1S/C67H49N/c1-67(2)65-24-9-8-23-63(65)64-40-35-59(45-66(64)67)51-33-38-61(39-34-51)68(62-22-12-21-57(44-62)55-19-10-17-53(41-55)46-13-4-3-5-14-46)60-36-31-49(32-37-60)48-25-27-50(28-26-48)54-18-11-20-56(42-54)58-30-29-47-15-6-7-16-52(47)43-58/h3-45H,1-2H3. The molecule has 0 heterocycles. The molecule has 322 valence electrons. The number of benzene rings is 11. The molecule has 1 aliphatic rings. The average Bonchev–Trinajstić information content (AvgIpc) is 3.64. The van der Waals surface area contributed by atoms with E-state index >= 15 is 0 Å². The maximum Gasteiger partial charge on any atom is 0.0467 e. The number of hydrogen-bond acceptors (Lipinski definition) is 1. The molecule has 0 unspecified atom stereocenters. The van der Waals surface area contributed by atoms with Gasteiger partial charge in [-0.1, -0.05) is 214 Å². The first kappa shape index (κ1) is 40.9. The van der Waals surface area contributed by atoms with Gasteiger partial charge in [0.1, 0.15) is 0 Å². The molecule has 0 amide bonds. The van der Waals surface area contributed by atoms with Crippen LogP contribution >= 0.6 is 0 Å². The van der Waals surface area contributed by atoms with Gasteiger partial charge in [0.15, 0.2) is 0 Å². The third-order valence-corrected chi connectivity index (χ3v) is 14.1. The van der Waals surface area contributed by atoms with Crippen molar-refractivity contribution >= 4 is 27.8 Å². The second-order valence-electron chi connectivity index (χ2n) is 18.6. The number of hydrogen-bond donors (Lipinski definition) is 0. The highest BCUT2D eigenvalue weighted by Gasteiger charge is 2.35. The fourth-order valence-electron chi connectivity index (χ4n) is 10.4. The molecule has 11 aromatic rings. The SMILES string of the molecule is CC1(C)c2ccccc2-c2ccc(-c3ccc(N(c4ccc(-c5ccc(-c6cccc(-c7ccc8ccccc8c7)c6)cc5)cc4)c4cccc(-c5cccc(-c6ccccc6)c5)c4)cc3)cc21. The summed E-state index contributed by atoms with van der Waals surface area (Å²) in [6, 6.07) is 95.5. The Morgan fingerprint density at radius 3 is 1.26 bits per heavy atom. The van der Waals surface area contributed by atoms with E-state index in [1.54, 1.807) is 0 Å². The second kappa shape index (κ2) is 17.0. The minimum absolute atomic E-state index is 0.0522. The molecular weight excluding hydrogens is 819 g/mol. The first-order valence-electron chi connectivity index (χ1n) is 23.6. The third kappa shape index (κ3) is 7.59. The van der Waals surface area contributed by atoms with Gasteiger partial charge >= 0.3 is 0 Å². The van der Waals surface area contributed by atoms with Crippen LogP contribution in [0, 0.1) is 0 Å². The summed E-state index contributed by atoms with van der Waals surface area (Å²) in [6.07, 6.45) is 0. The molecule has 68 heavy (non-hydrogen) atoms. The highest BCUT2D eigenvalue weighted by Crippen LogP contribution is 2.50. The summed E-state index contributed by atoms with van der Waals surface area (Å²) in [5, 5.41) is 2.52. The lowest BCUT2D eigenvalue weighted by atomic mass is 9.81. The van der Waals surface area contributed by atoms with Gasteiger partial charge in [-0.05, 0) is 160 Å². The Hall–Kier alpha value is -8.52. The summed E-state index contributed by atoms with van der Waals surface area (Å²) >= 11 is 0. The molecule has 1 heteroatoms. The molecule has 0 radical (unpaired) electrons. The molecule has 0 aliphatic heterocycles. The summed E-state index contributed by atoms with van der Waals surface area (Å²) in [5.41, 5.74) is 23.1. The van der Waals surface area contributed by atoms with Crippen molar-refractivity contribution in [1.82, 2.24) is 0 Å². The molecule has 0 saturated carbocycles. The molecule has 0 fully saturated rings. The second-order valence-corrected chi connectivity index (χ2v) is 18.6. The van der Waals surface area contributed by atoms with Crippen molar-refractivity contribution in [2.24, 2.45) is 0 Å². The van der Waals surface area contributed by atoms with Crippen LogP contribution in [0.25, 0.3) is 88.7 Å². The van der Waals surface area contributed by atoms with Gasteiger partial charge in [0, 0.05) is 22.5 Å². The van der Waals surface area contributed by atoms with Crippen molar-refractivity contribution in [2.75, 3.05) is 4.90 Å². The first-order valence-corrected chi connectivity index (χ1v) is 23.6. The Bertz CT molecular complexity index is 3620. The van der Waals surface area contributed by atoms with E-state index < -0.39 is 0 Å². The Balaban J connectivity index is 0.867. The lowest BCUT2D eigenvalue weighted by Crippen LogP contribution is -2.14. The lowest BCUT2D eigenvalue weighted by Gasteiger charge is -2.26. The van der Waals surface area contributed by atoms with Crippen molar-refractivity contribution in [3.05, 3.63) is 272 Å². The van der Waals surface area contributed by atoms with Gasteiger partial charge in [-0.3, -0.25) is 0 Å². The van der Waals surface area contributed by atoms with Crippen LogP contribution in [0.3, 0.4) is 0 Å². The van der Waals surface area contributed by atoms with Gasteiger partial charge in [0.05, 0.1) is 0 Å². The van der Waals surface area contributed by atoms with E-state index in [1.165, 1.54) is 99.8 Å². The largest absolute Gasteiger partial charge is 0.310 e. The van der Waals surface area contributed by atoms with Crippen molar-refractivity contribution in [2.45, 2.75) is 19.3 Å². The molecule has 0 atom stereocenters. The van der Waals surface area contributed by atoms with Crippen LogP contribution in [0.1, 0.15) is 25.0 Å². The molecule has 0 aromatic heterocycles. The Labute approximate surface area is 399 Å². The molecular formula is C67H49N. The van der Waals surface area contributed by atoms with Gasteiger partial charge in [0.2, 0.25) is 0 Å². The van der Waals surface area contributed by atoms with Gasteiger partial charge in [-0.25, -0.2) is 0 Å². The van der Waals surface area contributed by atoms with Gasteiger partial charge < -0.3 is 4.90 Å². The minimum atomic E-state index is -0.0522. The summed E-state index contributed by atoms with van der Waals surface area (Å²) in [4.78, 5) is 2.38. The van der Waals surface area contributed by atoms with Crippen molar-refractivity contribution in [1.29, 1.82) is 0 Å². The number of nitrogens with zero attached hydrogens (tertiary/aromatic N) is 1. The molecule has 1 aliphatic carbocycles. The smallest absolute Gasteiger partial charge is 0.0467 e. The molecule has 11 aromatic carbocycles. The average molecular weight is 868 g/mol. The van der Waals surface area contributed by atoms with Crippen LogP contribution in [0.15, 0.2) is 261 Å². The molecule has 0 spiro atoms. The Morgan fingerprint density at radius 1 is 0.235 bits per heavy atom. The van der Waals surface area contributed by atoms with E-state index in [0.717, 1.165) is 17.1 Å². The lowest BCUT2D eigenvalue weighted by molar-refractivity contribution is 0.660. The zero-order chi connectivity index (χ0) is 45.6. The third-order valence-electron chi connectivity index (χ3n) is 14.1. The highest BCUT2D eigenvalue weighted by molar-refractivity contribution is 5.89. The molecule has 0 saturated heterocycles. The normalized spacial score (nSPS) is 12.4. The van der Waals surface area contributed by atoms with E-state index in [9.17, 15) is 0 Å². The summed E-state index contributed by atoms with van der Waals surface area (Å²) in [5.74, 6) is 0. The molecule has 1 nitrogen and oxygen atoms in total. The maximum atomic E-state index is 2.41. The maximum absolute atomic E-state index is 2.41. The molecule has 0 N–H and O–H groups in total. The quantitative estimate of drug-likeness (QED) is 0.140. The fraction of sp³-hybridized carbons (Fsp3) is 0.0448. The number of rotatable bonds is 9. The van der Waals surface area contributed by atoms with Crippen LogP contribution < -0.4 is 4.90 Å². The van der Waals surface area contributed by atoms with E-state index in [2.05, 4.69) is 280 Å². The van der Waals surface area contributed by atoms with Crippen LogP contribution in [0.4, 0.5) is 17.1 Å². The molecule has 12 rings (SSSR count). The van der Waals surface area contributed by atoms with Crippen LogP contribution in [0.5, 0.6) is 0 Å². The van der Waals surface area contributed by atoms with Crippen LogP contribution in [-0.4, -0.2) is 0 Å². The van der Waals surface area contributed by atoms with E-state index in [1.807, 2.05) is 0 Å². The Kier molecular flexibility index (Phi) is 10.3. The van der Waals surface area contributed by atoms with Crippen LogP contribution in [-0.2, 0) is 5.41 Å². The van der Waals surface area contributed by atoms with Gasteiger partial charge in [0.25, 0.3) is 0 Å². The van der Waals surface area contributed by atoms with Crippen molar-refractivity contribution in [3.8, 4) is 77.9 Å². The van der Waals surface area contributed by atoms with Crippen molar-refractivity contribution in [3.63, 3.8) is 0 Å². The van der Waals surface area contributed by atoms with Gasteiger partial charge in [-0.15, -0.1) is 0 Å². The Morgan fingerprint density at radius 2 is 0.632 bits per heavy atom. The van der Waals surface area contributed by atoms with Crippen LogP contribution in [0.2, 0.25) is 0 Å². The highest BCUT2D eigenvalue weighted by atomic mass is 15.1. The summed E-state index contributed by atoms with van der Waals surface area (Å²) in [7, 11) is 0. The van der Waals surface area contributed by atoms with E-state index in [0.29, 0.717) is 0 Å². The van der Waals surface area contributed by atoms with Gasteiger partial charge in [-0.2, -0.15) is 0 Å². The monoisotopic (exact) mass is 867 g/mol. The zero-order valence-electron chi connectivity index (χ0n) is 38.3. The topological polar surface area (TPSA) is 3.24 Å². The summed E-state index contributed by atoms with van der Waals surface area (Å²) in [6.45, 7) is 4.70. The fourth-order valence-corrected chi connectivity index (χ4v) is 10.4. The summed E-state index contributed by atoms with van der Waals surface area (Å²) < 4.78 is 0. The van der Waals surface area contributed by atoms with E-state index in [4.69, 9.17) is 0 Å². The van der Waals surface area contributed by atoms with Crippen molar-refractivity contribution < 1.29 is 0 Å². The predicted molar refractivity (Wildman–Crippen MR) is 289 cm³/mol.